The van der Waals surface area contributed by atoms with Gasteiger partial charge < -0.3 is 10.2 Å². The van der Waals surface area contributed by atoms with Crippen molar-refractivity contribution in [1.82, 2.24) is 0 Å². The molecule has 0 radical (unpaired) electrons. The Bertz CT molecular complexity index is 303. The zero-order valence-electron chi connectivity index (χ0n) is 8.33. The van der Waals surface area contributed by atoms with Crippen LogP contribution in [0.4, 0.5) is 0 Å². The van der Waals surface area contributed by atoms with E-state index in [0.717, 1.165) is 17.5 Å². The summed E-state index contributed by atoms with van der Waals surface area (Å²) in [5, 5.41) is 18.9. The molecule has 0 fully saturated rings. The zero-order valence-corrected chi connectivity index (χ0v) is 8.33. The minimum Gasteiger partial charge on any atom is -0.504 e. The van der Waals surface area contributed by atoms with Crippen LogP contribution >= 0.6 is 0 Å². The number of aromatic hydroxyl groups is 2. The summed E-state index contributed by atoms with van der Waals surface area (Å²) in [5.74, 6) is 0.386. The SMILES string of the molecule is CCc1c(C(C)C)ccc(O)c1O. The Morgan fingerprint density at radius 3 is 2.31 bits per heavy atom. The highest BCUT2D eigenvalue weighted by Crippen LogP contribution is 2.34. The van der Waals surface area contributed by atoms with E-state index < -0.39 is 0 Å². The molecule has 2 heteroatoms. The maximum Gasteiger partial charge on any atom is 0.160 e. The van der Waals surface area contributed by atoms with Gasteiger partial charge in [-0.3, -0.25) is 0 Å². The minimum absolute atomic E-state index is 0.0266. The van der Waals surface area contributed by atoms with Gasteiger partial charge in [0.2, 0.25) is 0 Å². The molecule has 1 rings (SSSR count). The molecule has 0 aromatic heterocycles. The second kappa shape index (κ2) is 3.69. The molecule has 0 unspecified atom stereocenters. The minimum atomic E-state index is -0.0266. The molecule has 0 heterocycles. The fraction of sp³-hybridized carbons (Fsp3) is 0.455. The molecule has 72 valence electrons. The lowest BCUT2D eigenvalue weighted by atomic mass is 9.94. The number of phenolic OH excluding ortho intramolecular Hbond substituents is 2. The van der Waals surface area contributed by atoms with Crippen LogP contribution in [0.3, 0.4) is 0 Å². The lowest BCUT2D eigenvalue weighted by molar-refractivity contribution is 0.398. The van der Waals surface area contributed by atoms with Gasteiger partial charge in [0, 0.05) is 5.56 Å². The first-order chi connectivity index (χ1) is 6.07. The number of phenols is 2. The van der Waals surface area contributed by atoms with Gasteiger partial charge in [-0.15, -0.1) is 0 Å². The highest BCUT2D eigenvalue weighted by molar-refractivity contribution is 5.49. The normalized spacial score (nSPS) is 10.8. The summed E-state index contributed by atoms with van der Waals surface area (Å²) in [7, 11) is 0. The van der Waals surface area contributed by atoms with Crippen molar-refractivity contribution in [1.29, 1.82) is 0 Å². The van der Waals surface area contributed by atoms with Gasteiger partial charge >= 0.3 is 0 Å². The summed E-state index contributed by atoms with van der Waals surface area (Å²) in [5.41, 5.74) is 1.97. The van der Waals surface area contributed by atoms with Crippen LogP contribution in [-0.2, 0) is 6.42 Å². The average Bonchev–Trinajstić information content (AvgIpc) is 2.09. The molecule has 2 nitrogen and oxygen atoms in total. The molecule has 1 aromatic carbocycles. The Balaban J connectivity index is 3.30. The number of hydrogen-bond acceptors (Lipinski definition) is 2. The van der Waals surface area contributed by atoms with E-state index in [1.165, 1.54) is 0 Å². The summed E-state index contributed by atoms with van der Waals surface area (Å²) in [6.45, 7) is 6.12. The standard InChI is InChI=1S/C11H16O2/c1-4-8-9(7(2)3)5-6-10(12)11(8)13/h5-7,12-13H,4H2,1-3H3. The van der Waals surface area contributed by atoms with E-state index in [1.54, 1.807) is 6.07 Å². The topological polar surface area (TPSA) is 40.5 Å². The highest BCUT2D eigenvalue weighted by Gasteiger charge is 2.12. The van der Waals surface area contributed by atoms with Crippen molar-refractivity contribution in [3.05, 3.63) is 23.3 Å². The van der Waals surface area contributed by atoms with Gasteiger partial charge in [-0.05, 0) is 24.0 Å². The van der Waals surface area contributed by atoms with E-state index in [-0.39, 0.29) is 11.5 Å². The van der Waals surface area contributed by atoms with Gasteiger partial charge in [0.05, 0.1) is 0 Å². The predicted molar refractivity (Wildman–Crippen MR) is 53.2 cm³/mol. The van der Waals surface area contributed by atoms with Crippen LogP contribution < -0.4 is 0 Å². The maximum absolute atomic E-state index is 9.58. The third-order valence-corrected chi connectivity index (χ3v) is 2.27. The lowest BCUT2D eigenvalue weighted by Crippen LogP contribution is -1.95. The molecule has 0 saturated carbocycles. The van der Waals surface area contributed by atoms with Gasteiger partial charge in [0.15, 0.2) is 11.5 Å². The zero-order chi connectivity index (χ0) is 10.0. The van der Waals surface area contributed by atoms with Crippen molar-refractivity contribution in [2.24, 2.45) is 0 Å². The molecule has 1 aromatic rings. The van der Waals surface area contributed by atoms with Crippen molar-refractivity contribution in [3.63, 3.8) is 0 Å². The quantitative estimate of drug-likeness (QED) is 0.687. The molecule has 13 heavy (non-hydrogen) atoms. The van der Waals surface area contributed by atoms with E-state index >= 15 is 0 Å². The van der Waals surface area contributed by atoms with Crippen LogP contribution in [0.1, 0.15) is 37.8 Å². The summed E-state index contributed by atoms with van der Waals surface area (Å²) in [6.07, 6.45) is 0.744. The first-order valence-corrected chi connectivity index (χ1v) is 4.61. The highest BCUT2D eigenvalue weighted by atomic mass is 16.3. The molecule has 0 atom stereocenters. The molecule has 0 spiro atoms. The van der Waals surface area contributed by atoms with Crippen molar-refractivity contribution in [3.8, 4) is 11.5 Å². The molecular formula is C11H16O2. The van der Waals surface area contributed by atoms with Crippen LogP contribution in [0.5, 0.6) is 11.5 Å². The predicted octanol–water partition coefficient (Wildman–Crippen LogP) is 2.78. The number of rotatable bonds is 2. The van der Waals surface area contributed by atoms with Crippen LogP contribution in [0.25, 0.3) is 0 Å². The van der Waals surface area contributed by atoms with E-state index in [4.69, 9.17) is 0 Å². The van der Waals surface area contributed by atoms with Gasteiger partial charge in [0.1, 0.15) is 0 Å². The second-order valence-corrected chi connectivity index (χ2v) is 3.51. The molecule has 0 bridgehead atoms. The Kier molecular flexibility index (Phi) is 2.81. The Labute approximate surface area is 78.8 Å². The first kappa shape index (κ1) is 9.90. The lowest BCUT2D eigenvalue weighted by Gasteiger charge is -2.13. The molecule has 0 aliphatic carbocycles. The smallest absolute Gasteiger partial charge is 0.160 e. The van der Waals surface area contributed by atoms with E-state index in [1.807, 2.05) is 13.0 Å². The van der Waals surface area contributed by atoms with Gasteiger partial charge in [0.25, 0.3) is 0 Å². The third-order valence-electron chi connectivity index (χ3n) is 2.27. The van der Waals surface area contributed by atoms with E-state index in [9.17, 15) is 10.2 Å². The Morgan fingerprint density at radius 2 is 1.85 bits per heavy atom. The molecule has 0 saturated heterocycles. The average molecular weight is 180 g/mol. The number of hydrogen-bond donors (Lipinski definition) is 2. The van der Waals surface area contributed by atoms with Gasteiger partial charge in [-0.1, -0.05) is 26.8 Å². The summed E-state index contributed by atoms with van der Waals surface area (Å²) >= 11 is 0. The molecular weight excluding hydrogens is 164 g/mol. The Morgan fingerprint density at radius 1 is 1.23 bits per heavy atom. The largest absolute Gasteiger partial charge is 0.504 e. The molecule has 0 aliphatic rings. The summed E-state index contributed by atoms with van der Waals surface area (Å²) in [6, 6.07) is 3.42. The summed E-state index contributed by atoms with van der Waals surface area (Å²) in [4.78, 5) is 0. The Hall–Kier alpha value is -1.18. The molecule has 2 N–H and O–H groups in total. The van der Waals surface area contributed by atoms with E-state index in [2.05, 4.69) is 13.8 Å². The van der Waals surface area contributed by atoms with E-state index in [0.29, 0.717) is 5.92 Å². The summed E-state index contributed by atoms with van der Waals surface area (Å²) < 4.78 is 0. The van der Waals surface area contributed by atoms with Crippen molar-refractivity contribution < 1.29 is 10.2 Å². The second-order valence-electron chi connectivity index (χ2n) is 3.51. The number of benzene rings is 1. The maximum atomic E-state index is 9.58. The molecule has 0 amide bonds. The first-order valence-electron chi connectivity index (χ1n) is 4.61. The fourth-order valence-electron chi connectivity index (χ4n) is 1.55. The van der Waals surface area contributed by atoms with Gasteiger partial charge in [-0.25, -0.2) is 0 Å². The fourth-order valence-corrected chi connectivity index (χ4v) is 1.55. The van der Waals surface area contributed by atoms with Crippen molar-refractivity contribution in [2.75, 3.05) is 0 Å². The van der Waals surface area contributed by atoms with Crippen molar-refractivity contribution in [2.45, 2.75) is 33.1 Å². The van der Waals surface area contributed by atoms with Crippen LogP contribution in [0.15, 0.2) is 12.1 Å². The van der Waals surface area contributed by atoms with Crippen molar-refractivity contribution >= 4 is 0 Å². The monoisotopic (exact) mass is 180 g/mol. The van der Waals surface area contributed by atoms with Crippen LogP contribution in [0.2, 0.25) is 0 Å². The van der Waals surface area contributed by atoms with Crippen LogP contribution in [-0.4, -0.2) is 10.2 Å². The van der Waals surface area contributed by atoms with Gasteiger partial charge in [-0.2, -0.15) is 0 Å². The molecule has 0 aliphatic heterocycles. The third kappa shape index (κ3) is 1.77. The van der Waals surface area contributed by atoms with Crippen LogP contribution in [0, 0.1) is 0 Å².